The van der Waals surface area contributed by atoms with E-state index < -0.39 is 0 Å². The van der Waals surface area contributed by atoms with Crippen LogP contribution in [0.4, 0.5) is 0 Å². The van der Waals surface area contributed by atoms with Crippen LogP contribution in [0, 0.1) is 39.9 Å². The molecule has 4 nitrogen and oxygen atoms in total. The molecule has 0 aliphatic rings. The first kappa shape index (κ1) is 107. The largest absolute Gasteiger partial charge is 4.00 e. The first-order valence-corrected chi connectivity index (χ1v) is 0. The molecule has 0 atom stereocenters. The van der Waals surface area contributed by atoms with Gasteiger partial charge in [0.1, 0.15) is 0 Å². The van der Waals surface area contributed by atoms with Gasteiger partial charge in [0, 0.05) is 21.1 Å². The third-order valence-corrected chi connectivity index (χ3v) is 0. The monoisotopic (exact) mass is 480 g/mol. The summed E-state index contributed by atoms with van der Waals surface area (Å²) < 4.78 is 0. The average Bonchev–Trinajstić information content (AvgIpc) is 0. The molecule has 0 aromatic rings. The van der Waals surface area contributed by atoms with Gasteiger partial charge in [-0.1, -0.05) is 0 Å². The first-order chi connectivity index (χ1) is 0. The zero-order valence-corrected chi connectivity index (χ0v) is 9.58. The van der Waals surface area contributed by atoms with Crippen LogP contribution in [0.15, 0.2) is 0 Å². The van der Waals surface area contributed by atoms with Crippen LogP contribution in [-0.4, -0.2) is 0 Å². The topological polar surface area (TPSA) is 114 Å². The van der Waals surface area contributed by atoms with Crippen LogP contribution in [0.25, 0.3) is 0 Å². The number of rotatable bonds is 0. The van der Waals surface area contributed by atoms with Crippen LogP contribution in [0.5, 0.6) is 0 Å². The Morgan fingerprint density at radius 3 is 0.500 bits per heavy atom. The Hall–Kier alpha value is 1.85. The maximum atomic E-state index is 0. The van der Waals surface area contributed by atoms with E-state index in [1.165, 1.54) is 0 Å². The summed E-state index contributed by atoms with van der Waals surface area (Å²) >= 11 is 0. The molecule has 0 radical (unpaired) electrons. The van der Waals surface area contributed by atoms with E-state index in [-0.39, 0.29) is 82.9 Å². The number of hydrogen-bond donors (Lipinski definition) is 0. The summed E-state index contributed by atoms with van der Waals surface area (Å²) in [6, 6.07) is 0. The van der Waals surface area contributed by atoms with Gasteiger partial charge in [0.05, 0.1) is 0 Å². The minimum Gasteiger partial charge on any atom is -2.00 e. The van der Waals surface area contributed by atoms with Crippen molar-refractivity contribution in [3.63, 3.8) is 0 Å². The van der Waals surface area contributed by atoms with E-state index in [4.69, 9.17) is 0 Å². The molecule has 0 fully saturated rings. The van der Waals surface area contributed by atoms with Gasteiger partial charge in [-0.05, 0) is 0 Å². The molecule has 0 N–H and O–H groups in total. The fourth-order valence-corrected chi connectivity index (χ4v) is 0. The molecule has 0 aliphatic carbocycles. The molecule has 6 heavy (non-hydrogen) atoms. The van der Waals surface area contributed by atoms with Gasteiger partial charge in [0.2, 0.25) is 0 Å². The summed E-state index contributed by atoms with van der Waals surface area (Å²) in [6.45, 7) is 0. The van der Waals surface area contributed by atoms with E-state index in [0.717, 1.165) is 0 Å². The second-order valence-corrected chi connectivity index (χ2v) is 0. The van der Waals surface area contributed by atoms with Crippen LogP contribution >= 0.6 is 0 Å². The molecule has 0 heterocycles. The molecule has 0 unspecified atom stereocenters. The third kappa shape index (κ3) is 40.1. The summed E-state index contributed by atoms with van der Waals surface area (Å²) in [7, 11) is 0. The predicted octanol–water partition coefficient (Wildman–Crippen LogP) is -0.478. The van der Waals surface area contributed by atoms with Gasteiger partial charge in [-0.25, -0.2) is 0 Å². The van der Waals surface area contributed by atoms with Crippen LogP contribution < -0.4 is 0 Å². The standard InChI is InChI=1S/4O.Th.W/q4*-2;+4;. The summed E-state index contributed by atoms with van der Waals surface area (Å²) in [5.41, 5.74) is 0. The minimum atomic E-state index is 0. The van der Waals surface area contributed by atoms with Gasteiger partial charge in [-0.15, -0.1) is 0 Å². The summed E-state index contributed by atoms with van der Waals surface area (Å²) in [5, 5.41) is 0. The zero-order valence-electron chi connectivity index (χ0n) is 2.54. The van der Waals surface area contributed by atoms with Crippen molar-refractivity contribution in [3.05, 3.63) is 0 Å². The van der Waals surface area contributed by atoms with Crippen molar-refractivity contribution in [1.29, 1.82) is 0 Å². The Bertz CT molecular complexity index is 7.51. The van der Waals surface area contributed by atoms with Gasteiger partial charge in [-0.3, -0.25) is 0 Å². The molecule has 0 amide bonds. The van der Waals surface area contributed by atoms with Crippen molar-refractivity contribution in [2.45, 2.75) is 0 Å². The van der Waals surface area contributed by atoms with E-state index in [2.05, 4.69) is 0 Å². The minimum absolute atomic E-state index is 0. The quantitative estimate of drug-likeness (QED) is 0.447. The normalized spacial score (nSPS) is 0. The van der Waals surface area contributed by atoms with Crippen molar-refractivity contribution in [2.24, 2.45) is 0 Å². The molecule has 0 spiro atoms. The molecule has 0 aromatic carbocycles. The Kier molecular flexibility index (Phi) is 1220. The van der Waals surface area contributed by atoms with Crippen molar-refractivity contribution in [1.82, 2.24) is 0 Å². The molecule has 0 bridgehead atoms. The third-order valence-electron chi connectivity index (χ3n) is 0. The molecule has 38 valence electrons. The van der Waals surface area contributed by atoms with Crippen molar-refractivity contribution in [3.8, 4) is 0 Å². The molecular weight excluding hydrogens is 480 g/mol. The van der Waals surface area contributed by atoms with E-state index in [9.17, 15) is 0 Å². The van der Waals surface area contributed by atoms with Gasteiger partial charge in [-0.2, -0.15) is 0 Å². The fourth-order valence-electron chi connectivity index (χ4n) is 0. The fraction of sp³-hybridized carbons (Fsp3) is 0. The van der Waals surface area contributed by atoms with Crippen LogP contribution in [0.2, 0.25) is 0 Å². The van der Waals surface area contributed by atoms with E-state index >= 15 is 0 Å². The molecule has 0 aromatic heterocycles. The van der Waals surface area contributed by atoms with E-state index in [1.54, 1.807) is 0 Å². The van der Waals surface area contributed by atoms with Crippen LogP contribution in [0.3, 0.4) is 0 Å². The molecule has 0 saturated heterocycles. The Morgan fingerprint density at radius 2 is 0.500 bits per heavy atom. The van der Waals surface area contributed by atoms with Crippen molar-refractivity contribution in [2.75, 3.05) is 0 Å². The van der Waals surface area contributed by atoms with Crippen LogP contribution in [0.1, 0.15) is 0 Å². The Labute approximate surface area is 81.9 Å². The molecular formula is O4ThW-4. The zero-order chi connectivity index (χ0) is 0. The first-order valence-electron chi connectivity index (χ1n) is 0. The maximum Gasteiger partial charge on any atom is 4.00 e. The van der Waals surface area contributed by atoms with Crippen LogP contribution in [-0.2, 0) is 43.0 Å². The maximum absolute atomic E-state index is 0. The number of hydrogen-bond acceptors (Lipinski definition) is 0. The Morgan fingerprint density at radius 1 is 0.500 bits per heavy atom. The molecule has 0 aliphatic heterocycles. The van der Waals surface area contributed by atoms with Gasteiger partial charge >= 0.3 is 39.9 Å². The van der Waals surface area contributed by atoms with Crippen molar-refractivity contribution < 1.29 is 82.9 Å². The summed E-state index contributed by atoms with van der Waals surface area (Å²) in [6.07, 6.45) is 0. The van der Waals surface area contributed by atoms with Crippen molar-refractivity contribution >= 4 is 0 Å². The summed E-state index contributed by atoms with van der Waals surface area (Å²) in [4.78, 5) is 0. The van der Waals surface area contributed by atoms with E-state index in [1.807, 2.05) is 0 Å². The predicted molar refractivity (Wildman–Crippen MR) is 2.75 cm³/mol. The smallest absolute Gasteiger partial charge is 2.00 e. The second-order valence-electron chi connectivity index (χ2n) is 0. The van der Waals surface area contributed by atoms with Gasteiger partial charge in [0.25, 0.3) is 0 Å². The molecule has 0 saturated carbocycles. The SMILES string of the molecule is [O-2].[O-2].[O-2].[O-2].[Th+4].[W]. The van der Waals surface area contributed by atoms with Gasteiger partial charge < -0.3 is 21.9 Å². The second kappa shape index (κ2) is 68.4. The van der Waals surface area contributed by atoms with E-state index in [0.29, 0.717) is 0 Å². The van der Waals surface area contributed by atoms with Gasteiger partial charge in [0.15, 0.2) is 0 Å². The Balaban J connectivity index is 0. The summed E-state index contributed by atoms with van der Waals surface area (Å²) in [5.74, 6) is 0. The molecule has 6 heteroatoms. The molecule has 0 rings (SSSR count). The average molecular weight is 480 g/mol.